The number of piperidine rings is 1. The van der Waals surface area contributed by atoms with Crippen LogP contribution in [-0.4, -0.2) is 41.3 Å². The molecule has 0 aliphatic carbocycles. The highest BCUT2D eigenvalue weighted by Gasteiger charge is 2.38. The SMILES string of the molecule is COCc1nc(C2(C)CCCN(C(=O)Nc3ccccc3Cl)C2)no1. The van der Waals surface area contributed by atoms with Crippen LogP contribution in [0.2, 0.25) is 5.02 Å². The molecule has 1 aromatic carbocycles. The van der Waals surface area contributed by atoms with Crippen LogP contribution in [0.1, 0.15) is 31.5 Å². The van der Waals surface area contributed by atoms with Crippen LogP contribution < -0.4 is 5.32 Å². The van der Waals surface area contributed by atoms with Gasteiger partial charge >= 0.3 is 6.03 Å². The number of rotatable bonds is 4. The summed E-state index contributed by atoms with van der Waals surface area (Å²) in [5.74, 6) is 1.05. The van der Waals surface area contributed by atoms with Crippen molar-refractivity contribution in [3.63, 3.8) is 0 Å². The fourth-order valence-corrected chi connectivity index (χ4v) is 3.22. The first-order valence-electron chi connectivity index (χ1n) is 8.14. The number of para-hydroxylation sites is 1. The Morgan fingerprint density at radius 2 is 2.28 bits per heavy atom. The van der Waals surface area contributed by atoms with Crippen molar-refractivity contribution < 1.29 is 14.1 Å². The van der Waals surface area contributed by atoms with E-state index >= 15 is 0 Å². The number of carbonyl (C=O) groups excluding carboxylic acids is 1. The summed E-state index contributed by atoms with van der Waals surface area (Å²) in [6, 6.07) is 7.00. The molecule has 1 aliphatic rings. The van der Waals surface area contributed by atoms with Gasteiger partial charge in [-0.25, -0.2) is 4.79 Å². The van der Waals surface area contributed by atoms with Gasteiger partial charge in [0.2, 0.25) is 0 Å². The number of carbonyl (C=O) groups is 1. The van der Waals surface area contributed by atoms with E-state index in [1.807, 2.05) is 19.1 Å². The smallest absolute Gasteiger partial charge is 0.321 e. The summed E-state index contributed by atoms with van der Waals surface area (Å²) in [4.78, 5) is 18.8. The Hall–Kier alpha value is -2.12. The molecule has 8 heteroatoms. The first-order chi connectivity index (χ1) is 12.0. The van der Waals surface area contributed by atoms with Gasteiger partial charge in [-0.05, 0) is 25.0 Å². The number of amides is 2. The Bertz CT molecular complexity index is 751. The molecule has 2 amide bonds. The van der Waals surface area contributed by atoms with E-state index in [1.165, 1.54) is 0 Å². The average Bonchev–Trinajstić information content (AvgIpc) is 3.07. The van der Waals surface area contributed by atoms with Crippen molar-refractivity contribution in [2.24, 2.45) is 0 Å². The van der Waals surface area contributed by atoms with Gasteiger partial charge in [0.25, 0.3) is 5.89 Å². The Balaban J connectivity index is 1.71. The van der Waals surface area contributed by atoms with Gasteiger partial charge in [0.05, 0.1) is 10.7 Å². The molecular formula is C17H21ClN4O3. The fourth-order valence-electron chi connectivity index (χ4n) is 3.03. The van der Waals surface area contributed by atoms with E-state index in [1.54, 1.807) is 24.1 Å². The fraction of sp³-hybridized carbons (Fsp3) is 0.471. The largest absolute Gasteiger partial charge is 0.375 e. The van der Waals surface area contributed by atoms with E-state index < -0.39 is 0 Å². The van der Waals surface area contributed by atoms with Crippen molar-refractivity contribution in [3.8, 4) is 0 Å². The molecule has 7 nitrogen and oxygen atoms in total. The van der Waals surface area contributed by atoms with Crippen LogP contribution in [0.3, 0.4) is 0 Å². The second-order valence-corrected chi connectivity index (χ2v) is 6.85. The zero-order valence-corrected chi connectivity index (χ0v) is 15.0. The summed E-state index contributed by atoms with van der Waals surface area (Å²) in [7, 11) is 1.58. The number of nitrogens with one attached hydrogen (secondary N) is 1. The minimum absolute atomic E-state index is 0.181. The predicted molar refractivity (Wildman–Crippen MR) is 93.6 cm³/mol. The van der Waals surface area contributed by atoms with Gasteiger partial charge in [0.1, 0.15) is 6.61 Å². The van der Waals surface area contributed by atoms with E-state index in [9.17, 15) is 4.79 Å². The third kappa shape index (κ3) is 3.93. The molecule has 3 rings (SSSR count). The van der Waals surface area contributed by atoms with Gasteiger partial charge in [-0.15, -0.1) is 0 Å². The van der Waals surface area contributed by atoms with Gasteiger partial charge in [0.15, 0.2) is 5.82 Å². The number of halogens is 1. The summed E-state index contributed by atoms with van der Waals surface area (Å²) in [5, 5.41) is 7.45. The highest BCUT2D eigenvalue weighted by molar-refractivity contribution is 6.33. The van der Waals surface area contributed by atoms with Crippen LogP contribution in [0.5, 0.6) is 0 Å². The Morgan fingerprint density at radius 1 is 1.48 bits per heavy atom. The number of hydrogen-bond acceptors (Lipinski definition) is 5. The van der Waals surface area contributed by atoms with Gasteiger partial charge in [-0.3, -0.25) is 0 Å². The summed E-state index contributed by atoms with van der Waals surface area (Å²) in [6.45, 7) is 3.51. The summed E-state index contributed by atoms with van der Waals surface area (Å²) < 4.78 is 10.2. The van der Waals surface area contributed by atoms with Crippen molar-refractivity contribution in [1.29, 1.82) is 0 Å². The highest BCUT2D eigenvalue weighted by atomic mass is 35.5. The number of aromatic nitrogens is 2. The van der Waals surface area contributed by atoms with Crippen LogP contribution in [-0.2, 0) is 16.8 Å². The van der Waals surface area contributed by atoms with Crippen LogP contribution in [0, 0.1) is 0 Å². The van der Waals surface area contributed by atoms with Gasteiger partial charge in [-0.2, -0.15) is 4.98 Å². The molecule has 25 heavy (non-hydrogen) atoms. The van der Waals surface area contributed by atoms with E-state index in [-0.39, 0.29) is 18.1 Å². The molecule has 0 spiro atoms. The Labute approximate surface area is 151 Å². The van der Waals surface area contributed by atoms with Gasteiger partial charge < -0.3 is 19.5 Å². The molecule has 1 fully saturated rings. The molecule has 0 saturated carbocycles. The number of nitrogens with zero attached hydrogens (tertiary/aromatic N) is 3. The second-order valence-electron chi connectivity index (χ2n) is 6.44. The lowest BCUT2D eigenvalue weighted by atomic mass is 9.81. The molecule has 134 valence electrons. The summed E-state index contributed by atoms with van der Waals surface area (Å²) in [5.41, 5.74) is 0.245. The molecule has 1 unspecified atom stereocenters. The maximum atomic E-state index is 12.6. The number of benzene rings is 1. The van der Waals surface area contributed by atoms with E-state index in [0.29, 0.717) is 35.5 Å². The van der Waals surface area contributed by atoms with Crippen molar-refractivity contribution in [2.45, 2.75) is 31.8 Å². The normalized spacial score (nSPS) is 20.5. The van der Waals surface area contributed by atoms with Crippen LogP contribution in [0.4, 0.5) is 10.5 Å². The Morgan fingerprint density at radius 3 is 3.04 bits per heavy atom. The standard InChI is InChI=1S/C17H21ClN4O3/c1-17(15-20-14(10-24-2)25-21-15)8-5-9-22(11-17)16(23)19-13-7-4-3-6-12(13)18/h3-4,6-7H,5,8-11H2,1-2H3,(H,19,23). The molecule has 1 N–H and O–H groups in total. The molecule has 2 heterocycles. The van der Waals surface area contributed by atoms with Crippen molar-refractivity contribution in [3.05, 3.63) is 41.0 Å². The molecule has 1 aromatic heterocycles. The first kappa shape index (κ1) is 17.7. The van der Waals surface area contributed by atoms with Crippen LogP contribution in [0.25, 0.3) is 0 Å². The third-order valence-electron chi connectivity index (χ3n) is 4.37. The van der Waals surface area contributed by atoms with Gasteiger partial charge in [0, 0.05) is 25.6 Å². The maximum absolute atomic E-state index is 12.6. The predicted octanol–water partition coefficient (Wildman–Crippen LogP) is 3.46. The highest BCUT2D eigenvalue weighted by Crippen LogP contribution is 2.32. The second kappa shape index (κ2) is 7.41. The lowest BCUT2D eigenvalue weighted by Gasteiger charge is -2.38. The number of methoxy groups -OCH3 is 1. The molecule has 0 radical (unpaired) electrons. The molecule has 1 atom stereocenters. The molecular weight excluding hydrogens is 344 g/mol. The lowest BCUT2D eigenvalue weighted by molar-refractivity contribution is 0.150. The minimum atomic E-state index is -0.356. The Kier molecular flexibility index (Phi) is 5.24. The zero-order chi connectivity index (χ0) is 17.9. The molecule has 0 bridgehead atoms. The van der Waals surface area contributed by atoms with E-state index in [4.69, 9.17) is 20.9 Å². The molecule has 1 saturated heterocycles. The summed E-state index contributed by atoms with van der Waals surface area (Å²) >= 11 is 6.11. The third-order valence-corrected chi connectivity index (χ3v) is 4.70. The summed E-state index contributed by atoms with van der Waals surface area (Å²) in [6.07, 6.45) is 1.75. The van der Waals surface area contributed by atoms with E-state index in [2.05, 4.69) is 15.5 Å². The quantitative estimate of drug-likeness (QED) is 0.898. The van der Waals surface area contributed by atoms with Crippen molar-refractivity contribution in [1.82, 2.24) is 15.0 Å². The number of urea groups is 1. The maximum Gasteiger partial charge on any atom is 0.321 e. The van der Waals surface area contributed by atoms with E-state index in [0.717, 1.165) is 12.8 Å². The molecule has 1 aliphatic heterocycles. The number of likely N-dealkylation sites (tertiary alicyclic amines) is 1. The number of hydrogen-bond donors (Lipinski definition) is 1. The lowest BCUT2D eigenvalue weighted by Crippen LogP contribution is -2.49. The minimum Gasteiger partial charge on any atom is -0.375 e. The molecule has 2 aromatic rings. The van der Waals surface area contributed by atoms with Crippen LogP contribution >= 0.6 is 11.6 Å². The van der Waals surface area contributed by atoms with Crippen LogP contribution in [0.15, 0.2) is 28.8 Å². The van der Waals surface area contributed by atoms with Gasteiger partial charge in [-0.1, -0.05) is 35.8 Å². The number of ether oxygens (including phenoxy) is 1. The first-order valence-corrected chi connectivity index (χ1v) is 8.52. The van der Waals surface area contributed by atoms with Crippen molar-refractivity contribution in [2.75, 3.05) is 25.5 Å². The monoisotopic (exact) mass is 364 g/mol. The van der Waals surface area contributed by atoms with Crippen molar-refractivity contribution >= 4 is 23.3 Å². The average molecular weight is 365 g/mol. The zero-order valence-electron chi connectivity index (χ0n) is 14.3. The topological polar surface area (TPSA) is 80.5 Å². The number of anilines is 1.